The van der Waals surface area contributed by atoms with Gasteiger partial charge in [0.1, 0.15) is 12.3 Å². The second-order valence-corrected chi connectivity index (χ2v) is 6.47. The molecule has 3 amide bonds. The first-order chi connectivity index (χ1) is 14.2. The molecule has 0 radical (unpaired) electrons. The Kier molecular flexibility index (Phi) is 5.95. The van der Waals surface area contributed by atoms with Crippen LogP contribution in [-0.4, -0.2) is 29.8 Å². The predicted molar refractivity (Wildman–Crippen MR) is 105 cm³/mol. The van der Waals surface area contributed by atoms with Crippen molar-refractivity contribution in [1.29, 1.82) is 0 Å². The highest BCUT2D eigenvalue weighted by Gasteiger charge is 2.32. The molecule has 2 aromatic rings. The van der Waals surface area contributed by atoms with Crippen LogP contribution < -0.4 is 20.3 Å². The zero-order chi connectivity index (χ0) is 21.9. The lowest BCUT2D eigenvalue weighted by atomic mass is 10.0. The van der Waals surface area contributed by atoms with E-state index in [-0.39, 0.29) is 24.0 Å². The molecule has 0 saturated heterocycles. The van der Waals surface area contributed by atoms with Crippen molar-refractivity contribution < 1.29 is 27.5 Å². The second kappa shape index (κ2) is 8.44. The molecule has 7 nitrogen and oxygen atoms in total. The first-order valence-corrected chi connectivity index (χ1v) is 9.07. The normalized spacial score (nSPS) is 14.4. The average Bonchev–Trinajstić information content (AvgIpc) is 2.70. The van der Waals surface area contributed by atoms with Crippen LogP contribution in [0, 0.1) is 0 Å². The van der Waals surface area contributed by atoms with Crippen molar-refractivity contribution in [3.05, 3.63) is 54.2 Å². The third-order valence-corrected chi connectivity index (χ3v) is 4.40. The molecule has 0 fully saturated rings. The molecule has 158 valence electrons. The standard InChI is InChI=1S/C20H19F3N4O3/c1-3-13-7-10-16-18(24-13)27(11-17(28)25-16)19(29)26-15(4-2)12-5-8-14(9-6-12)30-20(21,22)23/h3,5-10,15H,1,4,11H2,2H3,(H,25,28)(H,26,29). The van der Waals surface area contributed by atoms with E-state index in [1.165, 1.54) is 35.2 Å². The number of rotatable bonds is 5. The Bertz CT molecular complexity index is 961. The van der Waals surface area contributed by atoms with Crippen LogP contribution in [0.2, 0.25) is 0 Å². The number of pyridine rings is 1. The molecule has 0 bridgehead atoms. The van der Waals surface area contributed by atoms with Gasteiger partial charge in [-0.15, -0.1) is 13.2 Å². The number of nitrogens with zero attached hydrogens (tertiary/aromatic N) is 2. The summed E-state index contributed by atoms with van der Waals surface area (Å²) in [5, 5.41) is 5.45. The lowest BCUT2D eigenvalue weighted by molar-refractivity contribution is -0.274. The van der Waals surface area contributed by atoms with E-state index < -0.39 is 18.4 Å². The molecular weight excluding hydrogens is 401 g/mol. The number of benzene rings is 1. The van der Waals surface area contributed by atoms with E-state index in [1.54, 1.807) is 12.1 Å². The maximum atomic E-state index is 12.9. The number of alkyl halides is 3. The molecule has 2 N–H and O–H groups in total. The number of nitrogens with one attached hydrogen (secondary N) is 2. The summed E-state index contributed by atoms with van der Waals surface area (Å²) >= 11 is 0. The van der Waals surface area contributed by atoms with Crippen LogP contribution in [0.15, 0.2) is 43.0 Å². The fraction of sp³-hybridized carbons (Fsp3) is 0.250. The van der Waals surface area contributed by atoms with E-state index in [0.717, 1.165) is 0 Å². The zero-order valence-electron chi connectivity index (χ0n) is 16.0. The van der Waals surface area contributed by atoms with Crippen LogP contribution in [0.25, 0.3) is 6.08 Å². The summed E-state index contributed by atoms with van der Waals surface area (Å²) in [4.78, 5) is 30.4. The van der Waals surface area contributed by atoms with Gasteiger partial charge in [-0.05, 0) is 42.3 Å². The van der Waals surface area contributed by atoms with Gasteiger partial charge in [-0.3, -0.25) is 9.69 Å². The van der Waals surface area contributed by atoms with Crippen molar-refractivity contribution in [3.8, 4) is 5.75 Å². The van der Waals surface area contributed by atoms with Gasteiger partial charge >= 0.3 is 12.4 Å². The van der Waals surface area contributed by atoms with Crippen LogP contribution >= 0.6 is 0 Å². The van der Waals surface area contributed by atoms with Gasteiger partial charge in [0, 0.05) is 0 Å². The number of fused-ring (bicyclic) bond motifs is 1. The van der Waals surface area contributed by atoms with Gasteiger partial charge in [0.15, 0.2) is 5.82 Å². The first-order valence-electron chi connectivity index (χ1n) is 9.07. The largest absolute Gasteiger partial charge is 0.573 e. The third kappa shape index (κ3) is 4.88. The van der Waals surface area contributed by atoms with E-state index in [9.17, 15) is 22.8 Å². The smallest absolute Gasteiger partial charge is 0.406 e. The summed E-state index contributed by atoms with van der Waals surface area (Å²) in [6.07, 6.45) is -2.79. The highest BCUT2D eigenvalue weighted by Crippen LogP contribution is 2.29. The van der Waals surface area contributed by atoms with Gasteiger partial charge in [0.05, 0.1) is 17.4 Å². The van der Waals surface area contributed by atoms with Crippen LogP contribution in [0.3, 0.4) is 0 Å². The summed E-state index contributed by atoms with van der Waals surface area (Å²) in [5.41, 5.74) is 1.53. The number of urea groups is 1. The zero-order valence-corrected chi connectivity index (χ0v) is 16.0. The minimum Gasteiger partial charge on any atom is -0.406 e. The Balaban J connectivity index is 1.79. The lowest BCUT2D eigenvalue weighted by Gasteiger charge is -2.30. The van der Waals surface area contributed by atoms with Crippen LogP contribution in [0.4, 0.5) is 29.5 Å². The molecule has 0 saturated carbocycles. The highest BCUT2D eigenvalue weighted by molar-refractivity contribution is 6.08. The Morgan fingerprint density at radius 2 is 2.03 bits per heavy atom. The number of ether oxygens (including phenoxy) is 1. The van der Waals surface area contributed by atoms with E-state index in [2.05, 4.69) is 26.9 Å². The summed E-state index contributed by atoms with van der Waals surface area (Å²) in [6, 6.07) is 7.50. The molecule has 30 heavy (non-hydrogen) atoms. The van der Waals surface area contributed by atoms with Gasteiger partial charge in [-0.25, -0.2) is 9.78 Å². The third-order valence-electron chi connectivity index (χ3n) is 4.40. The van der Waals surface area contributed by atoms with Gasteiger partial charge in [0.25, 0.3) is 0 Å². The van der Waals surface area contributed by atoms with Crippen LogP contribution in [0.5, 0.6) is 5.75 Å². The number of aromatic nitrogens is 1. The maximum absolute atomic E-state index is 12.9. The van der Waals surface area contributed by atoms with Gasteiger partial charge in [-0.1, -0.05) is 25.6 Å². The topological polar surface area (TPSA) is 83.6 Å². The van der Waals surface area contributed by atoms with E-state index >= 15 is 0 Å². The molecule has 1 atom stereocenters. The van der Waals surface area contributed by atoms with E-state index in [4.69, 9.17) is 0 Å². The molecule has 1 unspecified atom stereocenters. The predicted octanol–water partition coefficient (Wildman–Crippen LogP) is 4.24. The molecule has 1 aromatic heterocycles. The van der Waals surface area contributed by atoms with Crippen molar-refractivity contribution in [3.63, 3.8) is 0 Å². The molecule has 0 spiro atoms. The Morgan fingerprint density at radius 3 is 2.63 bits per heavy atom. The Morgan fingerprint density at radius 1 is 1.33 bits per heavy atom. The Labute approximate surface area is 170 Å². The number of amides is 3. The number of hydrogen-bond acceptors (Lipinski definition) is 4. The number of carbonyl (C=O) groups is 2. The van der Waals surface area contributed by atoms with Crippen molar-refractivity contribution in [2.45, 2.75) is 25.7 Å². The first kappa shape index (κ1) is 21.2. The average molecular weight is 420 g/mol. The fourth-order valence-electron chi connectivity index (χ4n) is 3.01. The van der Waals surface area contributed by atoms with Crippen molar-refractivity contribution in [2.24, 2.45) is 0 Å². The molecule has 1 aromatic carbocycles. The molecular formula is C20H19F3N4O3. The summed E-state index contributed by atoms with van der Waals surface area (Å²) in [5.74, 6) is -0.434. The molecule has 10 heteroatoms. The summed E-state index contributed by atoms with van der Waals surface area (Å²) in [7, 11) is 0. The highest BCUT2D eigenvalue weighted by atomic mass is 19.4. The minimum absolute atomic E-state index is 0.221. The number of halogens is 3. The Hall–Kier alpha value is -3.56. The molecule has 0 aliphatic carbocycles. The van der Waals surface area contributed by atoms with Crippen molar-refractivity contribution in [2.75, 3.05) is 16.8 Å². The summed E-state index contributed by atoms with van der Waals surface area (Å²) < 4.78 is 40.8. The van der Waals surface area contributed by atoms with Crippen molar-refractivity contribution in [1.82, 2.24) is 10.3 Å². The fourth-order valence-corrected chi connectivity index (χ4v) is 3.01. The maximum Gasteiger partial charge on any atom is 0.573 e. The second-order valence-electron chi connectivity index (χ2n) is 6.47. The number of anilines is 2. The van der Waals surface area contributed by atoms with E-state index in [1.807, 2.05) is 6.92 Å². The van der Waals surface area contributed by atoms with Gasteiger partial charge < -0.3 is 15.4 Å². The van der Waals surface area contributed by atoms with E-state index in [0.29, 0.717) is 23.4 Å². The molecule has 2 heterocycles. The number of carbonyl (C=O) groups excluding carboxylic acids is 2. The summed E-state index contributed by atoms with van der Waals surface area (Å²) in [6.45, 7) is 5.24. The number of hydrogen-bond donors (Lipinski definition) is 2. The van der Waals surface area contributed by atoms with Crippen molar-refractivity contribution >= 4 is 29.5 Å². The molecule has 3 rings (SSSR count). The monoisotopic (exact) mass is 420 g/mol. The SMILES string of the molecule is C=Cc1ccc2c(n1)N(C(=O)NC(CC)c1ccc(OC(F)(F)F)cc1)CC(=O)N2. The minimum atomic E-state index is -4.78. The molecule has 1 aliphatic rings. The van der Waals surface area contributed by atoms with Crippen LogP contribution in [0.1, 0.15) is 30.6 Å². The quantitative estimate of drug-likeness (QED) is 0.758. The molecule has 1 aliphatic heterocycles. The van der Waals surface area contributed by atoms with Crippen LogP contribution in [-0.2, 0) is 4.79 Å². The lowest BCUT2D eigenvalue weighted by Crippen LogP contribution is -2.48. The van der Waals surface area contributed by atoms with Gasteiger partial charge in [0.2, 0.25) is 5.91 Å². The van der Waals surface area contributed by atoms with Gasteiger partial charge in [-0.2, -0.15) is 0 Å².